The zero-order valence-corrected chi connectivity index (χ0v) is 9.50. The van der Waals surface area contributed by atoms with Crippen LogP contribution in [0.1, 0.15) is 12.5 Å². The first-order chi connectivity index (χ1) is 7.75. The van der Waals surface area contributed by atoms with Crippen LogP contribution >= 0.6 is 11.8 Å². The second-order valence-electron chi connectivity index (χ2n) is 3.46. The van der Waals surface area contributed by atoms with Crippen LogP contribution in [-0.2, 0) is 5.73 Å². The molecule has 0 aliphatic heterocycles. The van der Waals surface area contributed by atoms with Crippen LogP contribution in [0.3, 0.4) is 0 Å². The Bertz CT molecular complexity index is 436. The summed E-state index contributed by atoms with van der Waals surface area (Å²) < 4.78 is 8.07. The SMILES string of the molecule is [2H][C@H](Sc1ccc(C)cc1)c1ccccc1. The van der Waals surface area contributed by atoms with Gasteiger partial charge in [0.05, 0.1) is 0 Å². The minimum Gasteiger partial charge on any atom is -0.121 e. The fourth-order valence-electron chi connectivity index (χ4n) is 1.28. The summed E-state index contributed by atoms with van der Waals surface area (Å²) in [6, 6.07) is 18.2. The van der Waals surface area contributed by atoms with Gasteiger partial charge >= 0.3 is 0 Å². The number of thioether (sulfide) groups is 1. The van der Waals surface area contributed by atoms with Crippen molar-refractivity contribution in [2.24, 2.45) is 0 Å². The van der Waals surface area contributed by atoms with Crippen molar-refractivity contribution in [2.75, 3.05) is 0 Å². The highest BCUT2D eigenvalue weighted by Crippen LogP contribution is 2.22. The number of aryl methyl sites for hydroxylation is 1. The zero-order valence-electron chi connectivity index (χ0n) is 9.68. The topological polar surface area (TPSA) is 0 Å². The summed E-state index contributed by atoms with van der Waals surface area (Å²) in [5.74, 6) is 0. The van der Waals surface area contributed by atoms with E-state index in [1.165, 1.54) is 5.56 Å². The van der Waals surface area contributed by atoms with Crippen molar-refractivity contribution in [1.82, 2.24) is 0 Å². The van der Waals surface area contributed by atoms with E-state index >= 15 is 0 Å². The lowest BCUT2D eigenvalue weighted by Gasteiger charge is -2.02. The number of rotatable bonds is 3. The summed E-state index contributed by atoms with van der Waals surface area (Å²) in [5, 5.41) is 0. The van der Waals surface area contributed by atoms with Crippen molar-refractivity contribution in [3.63, 3.8) is 0 Å². The maximum absolute atomic E-state index is 8.07. The van der Waals surface area contributed by atoms with Crippen molar-refractivity contribution in [3.05, 3.63) is 65.7 Å². The second kappa shape index (κ2) is 5.04. The molecule has 0 aliphatic rings. The quantitative estimate of drug-likeness (QED) is 0.688. The zero-order chi connectivity index (χ0) is 11.4. The highest BCUT2D eigenvalue weighted by atomic mass is 32.2. The fraction of sp³-hybridized carbons (Fsp3) is 0.143. The maximum atomic E-state index is 8.07. The molecular weight excluding hydrogens is 200 g/mol. The van der Waals surface area contributed by atoms with Gasteiger partial charge in [0.2, 0.25) is 0 Å². The molecule has 0 heterocycles. The third kappa shape index (κ3) is 3.14. The number of hydrogen-bond donors (Lipinski definition) is 0. The molecule has 2 aromatic rings. The van der Waals surface area contributed by atoms with E-state index in [0.717, 1.165) is 10.5 Å². The van der Waals surface area contributed by atoms with Crippen LogP contribution in [0.4, 0.5) is 0 Å². The molecule has 0 amide bonds. The van der Waals surface area contributed by atoms with Crippen LogP contribution in [0.2, 0.25) is 0 Å². The van der Waals surface area contributed by atoms with E-state index in [-0.39, 0.29) is 5.73 Å². The molecule has 76 valence electrons. The molecule has 0 unspecified atom stereocenters. The van der Waals surface area contributed by atoms with Gasteiger partial charge in [-0.25, -0.2) is 0 Å². The number of benzene rings is 2. The molecule has 15 heavy (non-hydrogen) atoms. The molecule has 1 atom stereocenters. The lowest BCUT2D eigenvalue weighted by molar-refractivity contribution is 1.35. The molecule has 0 fully saturated rings. The van der Waals surface area contributed by atoms with Crippen molar-refractivity contribution in [1.29, 1.82) is 0 Å². The van der Waals surface area contributed by atoms with E-state index in [0.29, 0.717) is 0 Å². The molecule has 0 radical (unpaired) electrons. The van der Waals surface area contributed by atoms with Crippen LogP contribution in [0.15, 0.2) is 59.5 Å². The molecule has 0 aliphatic carbocycles. The Morgan fingerprint density at radius 1 is 1.00 bits per heavy atom. The minimum absolute atomic E-state index is 0.246. The van der Waals surface area contributed by atoms with Crippen LogP contribution in [0.5, 0.6) is 0 Å². The Labute approximate surface area is 96.7 Å². The minimum atomic E-state index is -0.246. The Hall–Kier alpha value is -1.21. The first-order valence-electron chi connectivity index (χ1n) is 5.54. The van der Waals surface area contributed by atoms with E-state index in [2.05, 4.69) is 31.2 Å². The predicted molar refractivity (Wildman–Crippen MR) is 67.2 cm³/mol. The van der Waals surface area contributed by atoms with Crippen molar-refractivity contribution in [3.8, 4) is 0 Å². The average Bonchev–Trinajstić information content (AvgIpc) is 2.33. The molecule has 0 spiro atoms. The number of hydrogen-bond acceptors (Lipinski definition) is 1. The van der Waals surface area contributed by atoms with E-state index < -0.39 is 0 Å². The van der Waals surface area contributed by atoms with Gasteiger partial charge in [-0.05, 0) is 24.6 Å². The molecule has 0 saturated carbocycles. The van der Waals surface area contributed by atoms with Gasteiger partial charge in [0.25, 0.3) is 0 Å². The normalized spacial score (nSPS) is 13.3. The van der Waals surface area contributed by atoms with E-state index in [9.17, 15) is 0 Å². The van der Waals surface area contributed by atoms with Gasteiger partial charge in [-0.2, -0.15) is 0 Å². The third-order valence-electron chi connectivity index (χ3n) is 2.15. The van der Waals surface area contributed by atoms with E-state index in [1.54, 1.807) is 11.8 Å². The highest BCUT2D eigenvalue weighted by Gasteiger charge is 1.94. The Morgan fingerprint density at radius 3 is 2.33 bits per heavy atom. The van der Waals surface area contributed by atoms with E-state index in [4.69, 9.17) is 1.37 Å². The smallest absolute Gasteiger partial charge is 0.0434 e. The molecule has 1 heteroatoms. The Morgan fingerprint density at radius 2 is 1.67 bits per heavy atom. The first-order valence-corrected chi connectivity index (χ1v) is 5.84. The van der Waals surface area contributed by atoms with E-state index in [1.807, 2.05) is 30.3 Å². The largest absolute Gasteiger partial charge is 0.121 e. The second-order valence-corrected chi connectivity index (χ2v) is 4.40. The van der Waals surface area contributed by atoms with Gasteiger partial charge in [-0.3, -0.25) is 0 Å². The summed E-state index contributed by atoms with van der Waals surface area (Å²) in [6.45, 7) is 2.07. The Balaban J connectivity index is 2.08. The lowest BCUT2D eigenvalue weighted by atomic mass is 10.2. The summed E-state index contributed by atoms with van der Waals surface area (Å²) in [6.07, 6.45) is 0. The van der Waals surface area contributed by atoms with Crippen LogP contribution in [0.25, 0.3) is 0 Å². The molecule has 0 nitrogen and oxygen atoms in total. The lowest BCUT2D eigenvalue weighted by Crippen LogP contribution is -1.79. The molecule has 0 saturated heterocycles. The summed E-state index contributed by atoms with van der Waals surface area (Å²) in [5.41, 5.74) is 2.06. The molecule has 2 aromatic carbocycles. The first kappa shape index (κ1) is 9.05. The third-order valence-corrected chi connectivity index (χ3v) is 3.09. The van der Waals surface area contributed by atoms with Gasteiger partial charge in [0, 0.05) is 12.0 Å². The van der Waals surface area contributed by atoms with Gasteiger partial charge in [-0.1, -0.05) is 48.0 Å². The maximum Gasteiger partial charge on any atom is 0.0434 e. The van der Waals surface area contributed by atoms with Crippen molar-refractivity contribution in [2.45, 2.75) is 17.5 Å². The van der Waals surface area contributed by atoms with Crippen LogP contribution in [-0.4, -0.2) is 0 Å². The summed E-state index contributed by atoms with van der Waals surface area (Å²) in [4.78, 5) is 1.15. The fourth-order valence-corrected chi connectivity index (χ4v) is 2.01. The van der Waals surface area contributed by atoms with Gasteiger partial charge < -0.3 is 0 Å². The summed E-state index contributed by atoms with van der Waals surface area (Å²) >= 11 is 1.57. The molecule has 0 aromatic heterocycles. The molecule has 0 bridgehead atoms. The van der Waals surface area contributed by atoms with Gasteiger partial charge in [0.1, 0.15) is 0 Å². The highest BCUT2D eigenvalue weighted by molar-refractivity contribution is 7.98. The Kier molecular flexibility index (Phi) is 3.04. The van der Waals surface area contributed by atoms with Crippen molar-refractivity contribution >= 4 is 11.8 Å². The van der Waals surface area contributed by atoms with Gasteiger partial charge in [0.15, 0.2) is 0 Å². The summed E-state index contributed by atoms with van der Waals surface area (Å²) in [7, 11) is 0. The molecule has 2 rings (SSSR count). The van der Waals surface area contributed by atoms with Crippen LogP contribution in [0, 0.1) is 6.92 Å². The van der Waals surface area contributed by atoms with Crippen molar-refractivity contribution < 1.29 is 1.37 Å². The predicted octanol–water partition coefficient (Wildman–Crippen LogP) is 4.29. The van der Waals surface area contributed by atoms with Gasteiger partial charge in [-0.15, -0.1) is 11.8 Å². The van der Waals surface area contributed by atoms with Crippen LogP contribution < -0.4 is 0 Å². The monoisotopic (exact) mass is 215 g/mol. The molecule has 0 N–H and O–H groups in total. The standard InChI is InChI=1S/C14H14S/c1-12-7-9-14(10-8-12)15-11-13-5-3-2-4-6-13/h2-10H,11H2,1H3/i11D/t11-/m0/s1. The molecular formula is C14H14S. The average molecular weight is 215 g/mol.